The molecule has 1 heterocycles. The van der Waals surface area contributed by atoms with Gasteiger partial charge in [0.1, 0.15) is 17.1 Å². The van der Waals surface area contributed by atoms with Gasteiger partial charge in [0.25, 0.3) is 0 Å². The zero-order chi connectivity index (χ0) is 16.2. The quantitative estimate of drug-likeness (QED) is 0.775. The number of aromatic hydroxyl groups is 1. The van der Waals surface area contributed by atoms with Crippen LogP contribution in [0.2, 0.25) is 0 Å². The molecule has 1 saturated heterocycles. The molecule has 0 aromatic heterocycles. The zero-order valence-corrected chi connectivity index (χ0v) is 13.8. The number of ether oxygens (including phenoxy) is 1. The summed E-state index contributed by atoms with van der Waals surface area (Å²) in [5.41, 5.74) is 0.549. The van der Waals surface area contributed by atoms with Gasteiger partial charge in [-0.25, -0.2) is 0 Å². The van der Waals surface area contributed by atoms with Gasteiger partial charge in [0.05, 0.1) is 0 Å². The zero-order valence-electron chi connectivity index (χ0n) is 13.8. The van der Waals surface area contributed by atoms with Crippen LogP contribution in [0.25, 0.3) is 0 Å². The van der Waals surface area contributed by atoms with Crippen LogP contribution in [0.4, 0.5) is 0 Å². The molecular formula is C17H28N2O3. The fourth-order valence-electron chi connectivity index (χ4n) is 2.87. The van der Waals surface area contributed by atoms with Crippen LogP contribution in [0.15, 0.2) is 18.2 Å². The minimum absolute atomic E-state index is 0.00983. The van der Waals surface area contributed by atoms with Crippen LogP contribution in [-0.4, -0.2) is 53.5 Å². The van der Waals surface area contributed by atoms with E-state index in [2.05, 4.69) is 10.2 Å². The molecular weight excluding hydrogens is 280 g/mol. The minimum atomic E-state index is -0.282. The van der Waals surface area contributed by atoms with Gasteiger partial charge in [-0.3, -0.25) is 4.90 Å². The molecule has 1 aromatic carbocycles. The molecule has 5 heteroatoms. The van der Waals surface area contributed by atoms with Crippen LogP contribution < -0.4 is 10.1 Å². The van der Waals surface area contributed by atoms with Gasteiger partial charge in [0, 0.05) is 44.4 Å². The van der Waals surface area contributed by atoms with Crippen LogP contribution in [0, 0.1) is 0 Å². The maximum Gasteiger partial charge on any atom is 0.120 e. The fraction of sp³-hybridized carbons (Fsp3) is 0.647. The lowest BCUT2D eigenvalue weighted by Gasteiger charge is -2.35. The Bertz CT molecular complexity index is 479. The molecule has 1 aromatic rings. The highest BCUT2D eigenvalue weighted by atomic mass is 16.5. The maximum atomic E-state index is 10.3. The number of benzene rings is 1. The van der Waals surface area contributed by atoms with E-state index in [1.807, 2.05) is 26.8 Å². The van der Waals surface area contributed by atoms with Crippen LogP contribution >= 0.6 is 0 Å². The first-order valence-corrected chi connectivity index (χ1v) is 7.98. The van der Waals surface area contributed by atoms with Gasteiger partial charge in [0.2, 0.25) is 0 Å². The molecule has 2 rings (SSSR count). The van der Waals surface area contributed by atoms with Crippen molar-refractivity contribution in [2.75, 3.05) is 32.8 Å². The maximum absolute atomic E-state index is 10.3. The Labute approximate surface area is 132 Å². The lowest BCUT2D eigenvalue weighted by molar-refractivity contribution is 0.126. The summed E-state index contributed by atoms with van der Waals surface area (Å²) in [6.45, 7) is 9.78. The number of phenols is 1. The summed E-state index contributed by atoms with van der Waals surface area (Å²) in [5.74, 6) is 1.01. The molecule has 1 atom stereocenters. The van der Waals surface area contributed by atoms with Crippen molar-refractivity contribution < 1.29 is 14.9 Å². The molecule has 0 unspecified atom stereocenters. The van der Waals surface area contributed by atoms with E-state index in [9.17, 15) is 10.2 Å². The third kappa shape index (κ3) is 4.60. The average molecular weight is 308 g/mol. The molecule has 22 heavy (non-hydrogen) atoms. The van der Waals surface area contributed by atoms with Crippen molar-refractivity contribution in [3.63, 3.8) is 0 Å². The van der Waals surface area contributed by atoms with E-state index in [0.717, 1.165) is 37.5 Å². The summed E-state index contributed by atoms with van der Waals surface area (Å²) in [6, 6.07) is 5.39. The molecule has 0 aliphatic carbocycles. The first kappa shape index (κ1) is 17.1. The number of hydrogen-bond donors (Lipinski definition) is 3. The molecule has 1 aliphatic heterocycles. The smallest absolute Gasteiger partial charge is 0.120 e. The Balaban J connectivity index is 2.27. The summed E-state index contributed by atoms with van der Waals surface area (Å²) in [4.78, 5) is 2.31. The molecule has 0 spiro atoms. The van der Waals surface area contributed by atoms with Crippen molar-refractivity contribution in [2.24, 2.45) is 0 Å². The summed E-state index contributed by atoms with van der Waals surface area (Å²) in [5, 5.41) is 23.0. The number of aliphatic hydroxyl groups excluding tert-OH is 1. The van der Waals surface area contributed by atoms with Crippen molar-refractivity contribution in [3.8, 4) is 11.5 Å². The van der Waals surface area contributed by atoms with E-state index < -0.39 is 0 Å². The molecule has 5 nitrogen and oxygen atoms in total. The Morgan fingerprint density at radius 1 is 1.27 bits per heavy atom. The highest BCUT2D eigenvalue weighted by molar-refractivity contribution is 5.41. The molecule has 3 N–H and O–H groups in total. The van der Waals surface area contributed by atoms with Gasteiger partial charge in [-0.05, 0) is 45.4 Å². The largest absolute Gasteiger partial charge is 0.508 e. The van der Waals surface area contributed by atoms with E-state index in [1.54, 1.807) is 12.1 Å². The van der Waals surface area contributed by atoms with Gasteiger partial charge in [-0.1, -0.05) is 0 Å². The Kier molecular flexibility index (Phi) is 5.67. The lowest BCUT2D eigenvalue weighted by Crippen LogP contribution is -2.45. The number of hydrogen-bond acceptors (Lipinski definition) is 5. The third-order valence-electron chi connectivity index (χ3n) is 3.78. The predicted octanol–water partition coefficient (Wildman–Crippen LogP) is 1.90. The summed E-state index contributed by atoms with van der Waals surface area (Å²) in [6.07, 6.45) is 0.604. The van der Waals surface area contributed by atoms with Crippen LogP contribution in [0.5, 0.6) is 11.5 Å². The van der Waals surface area contributed by atoms with Crippen molar-refractivity contribution >= 4 is 0 Å². The first-order chi connectivity index (χ1) is 10.4. The number of phenolic OH excluding ortho intramolecular Hbond substituents is 1. The Morgan fingerprint density at radius 2 is 1.95 bits per heavy atom. The number of piperazine rings is 1. The summed E-state index contributed by atoms with van der Waals surface area (Å²) < 4.78 is 5.91. The van der Waals surface area contributed by atoms with Gasteiger partial charge >= 0.3 is 0 Å². The fourth-order valence-corrected chi connectivity index (χ4v) is 2.87. The van der Waals surface area contributed by atoms with E-state index in [-0.39, 0.29) is 24.0 Å². The van der Waals surface area contributed by atoms with Crippen LogP contribution in [0.1, 0.15) is 38.8 Å². The second-order valence-electron chi connectivity index (χ2n) is 6.75. The number of aliphatic hydroxyl groups is 1. The van der Waals surface area contributed by atoms with E-state index >= 15 is 0 Å². The Hall–Kier alpha value is -1.30. The van der Waals surface area contributed by atoms with Gasteiger partial charge in [-0.15, -0.1) is 0 Å². The van der Waals surface area contributed by atoms with Gasteiger partial charge in [0.15, 0.2) is 0 Å². The topological polar surface area (TPSA) is 65.0 Å². The number of nitrogens with zero attached hydrogens (tertiary/aromatic N) is 1. The molecule has 1 fully saturated rings. The van der Waals surface area contributed by atoms with Gasteiger partial charge < -0.3 is 20.3 Å². The minimum Gasteiger partial charge on any atom is -0.508 e. The van der Waals surface area contributed by atoms with Crippen LogP contribution in [0.3, 0.4) is 0 Å². The highest BCUT2D eigenvalue weighted by Crippen LogP contribution is 2.35. The Morgan fingerprint density at radius 3 is 2.55 bits per heavy atom. The summed E-state index contributed by atoms with van der Waals surface area (Å²) in [7, 11) is 0. The summed E-state index contributed by atoms with van der Waals surface area (Å²) >= 11 is 0. The standard InChI is InChI=1S/C17H28N2O3/c1-17(2,3)22-13-4-5-16(21)14(12-13)15(6-11-20)19-9-7-18-8-10-19/h4-5,12,15,18,20-21H,6-11H2,1-3H3/t15-/m1/s1. The molecule has 0 bridgehead atoms. The normalized spacial score (nSPS) is 18.2. The monoisotopic (exact) mass is 308 g/mol. The first-order valence-electron chi connectivity index (χ1n) is 7.98. The van der Waals surface area contributed by atoms with Crippen molar-refractivity contribution in [1.82, 2.24) is 10.2 Å². The molecule has 1 aliphatic rings. The van der Waals surface area contributed by atoms with Crippen molar-refractivity contribution in [2.45, 2.75) is 38.8 Å². The lowest BCUT2D eigenvalue weighted by atomic mass is 10.00. The average Bonchev–Trinajstić information content (AvgIpc) is 2.46. The highest BCUT2D eigenvalue weighted by Gasteiger charge is 2.25. The molecule has 0 saturated carbocycles. The van der Waals surface area contributed by atoms with Crippen LogP contribution in [-0.2, 0) is 0 Å². The third-order valence-corrected chi connectivity index (χ3v) is 3.78. The molecule has 124 valence electrons. The molecule has 0 radical (unpaired) electrons. The number of rotatable bonds is 5. The van der Waals surface area contributed by atoms with Crippen molar-refractivity contribution in [3.05, 3.63) is 23.8 Å². The van der Waals surface area contributed by atoms with Gasteiger partial charge in [-0.2, -0.15) is 0 Å². The number of nitrogens with one attached hydrogen (secondary N) is 1. The second-order valence-corrected chi connectivity index (χ2v) is 6.75. The van der Waals surface area contributed by atoms with E-state index in [4.69, 9.17) is 4.74 Å². The predicted molar refractivity (Wildman–Crippen MR) is 87.4 cm³/mol. The second kappa shape index (κ2) is 7.31. The SMILES string of the molecule is CC(C)(C)Oc1ccc(O)c([C@@H](CCO)N2CCNCC2)c1. The van der Waals surface area contributed by atoms with E-state index in [0.29, 0.717) is 6.42 Å². The molecule has 0 amide bonds. The van der Waals surface area contributed by atoms with E-state index in [1.165, 1.54) is 0 Å². The van der Waals surface area contributed by atoms with Crippen molar-refractivity contribution in [1.29, 1.82) is 0 Å².